The second-order valence-electron chi connectivity index (χ2n) is 3.42. The number of likely N-dealkylation sites (N-methyl/N-ethyl adjacent to an activating group) is 1. The van der Waals surface area contributed by atoms with Crippen LogP contribution in [0.1, 0.15) is 6.92 Å². The van der Waals surface area contributed by atoms with Crippen molar-refractivity contribution in [2.45, 2.75) is 6.92 Å². The molecule has 0 radical (unpaired) electrons. The first-order valence-corrected chi connectivity index (χ1v) is 5.56. The molecule has 0 aromatic heterocycles. The van der Waals surface area contributed by atoms with Gasteiger partial charge in [-0.15, -0.1) is 0 Å². The lowest BCUT2D eigenvalue weighted by Crippen LogP contribution is -2.21. The molecule has 0 atom stereocenters. The number of hydrogen-bond donors (Lipinski definition) is 0. The molecule has 0 heterocycles. The molecule has 1 aromatic carbocycles. The summed E-state index contributed by atoms with van der Waals surface area (Å²) >= 11 is 0. The van der Waals surface area contributed by atoms with Gasteiger partial charge in [0.05, 0.1) is 11.4 Å². The summed E-state index contributed by atoms with van der Waals surface area (Å²) in [6.07, 6.45) is 3.47. The van der Waals surface area contributed by atoms with E-state index in [1.54, 1.807) is 12.2 Å². The maximum atomic E-state index is 3.97. The van der Waals surface area contributed by atoms with Crippen molar-refractivity contribution in [1.82, 2.24) is 0 Å². The number of nitrogens with zero attached hydrogens (tertiary/aromatic N) is 2. The lowest BCUT2D eigenvalue weighted by Gasteiger charge is -2.25. The van der Waals surface area contributed by atoms with Gasteiger partial charge in [0.25, 0.3) is 0 Å². The molecule has 2 nitrogen and oxygen atoms in total. The Kier molecular flexibility index (Phi) is 4.95. The van der Waals surface area contributed by atoms with Crippen molar-refractivity contribution < 1.29 is 0 Å². The number of rotatable bonds is 6. The molecule has 0 bridgehead atoms. The molecule has 17 heavy (non-hydrogen) atoms. The third kappa shape index (κ3) is 2.94. The highest BCUT2D eigenvalue weighted by Gasteiger charge is 2.10. The largest absolute Gasteiger partial charge is 0.340 e. The van der Waals surface area contributed by atoms with Gasteiger partial charge >= 0.3 is 0 Å². The van der Waals surface area contributed by atoms with E-state index in [0.717, 1.165) is 23.6 Å². The maximum Gasteiger partial charge on any atom is 0.0853 e. The molecule has 0 amide bonds. The van der Waals surface area contributed by atoms with Crippen LogP contribution in [-0.2, 0) is 0 Å². The first-order valence-electron chi connectivity index (χ1n) is 5.56. The summed E-state index contributed by atoms with van der Waals surface area (Å²) in [5.74, 6) is 0. The van der Waals surface area contributed by atoms with Crippen LogP contribution in [0, 0.1) is 0 Å². The topological polar surface area (TPSA) is 15.6 Å². The second-order valence-corrected chi connectivity index (χ2v) is 3.42. The molecular weight excluding hydrogens is 208 g/mol. The molecule has 0 saturated carbocycles. The van der Waals surface area contributed by atoms with Crippen LogP contribution in [0.25, 0.3) is 0 Å². The van der Waals surface area contributed by atoms with Crippen molar-refractivity contribution in [2.24, 2.45) is 4.99 Å². The highest BCUT2D eigenvalue weighted by molar-refractivity contribution is 5.57. The lowest BCUT2D eigenvalue weighted by atomic mass is 10.2. The van der Waals surface area contributed by atoms with E-state index in [4.69, 9.17) is 0 Å². The summed E-state index contributed by atoms with van der Waals surface area (Å²) in [5.41, 5.74) is 2.77. The number of anilines is 1. The van der Waals surface area contributed by atoms with Crippen molar-refractivity contribution >= 4 is 12.4 Å². The van der Waals surface area contributed by atoms with Crippen molar-refractivity contribution in [1.29, 1.82) is 0 Å². The van der Waals surface area contributed by atoms with Gasteiger partial charge in [-0.1, -0.05) is 31.4 Å². The number of hydrogen-bond acceptors (Lipinski definition) is 2. The van der Waals surface area contributed by atoms with Gasteiger partial charge < -0.3 is 4.90 Å². The molecule has 88 valence electrons. The van der Waals surface area contributed by atoms with Gasteiger partial charge in [-0.3, -0.25) is 4.99 Å². The Labute approximate surface area is 103 Å². The van der Waals surface area contributed by atoms with Crippen LogP contribution in [0.5, 0.6) is 0 Å². The fraction of sp³-hybridized carbons (Fsp3) is 0.133. The minimum atomic E-state index is 0.741. The van der Waals surface area contributed by atoms with Crippen LogP contribution in [0.2, 0.25) is 0 Å². The van der Waals surface area contributed by atoms with Gasteiger partial charge in [0.1, 0.15) is 0 Å². The zero-order valence-electron chi connectivity index (χ0n) is 10.3. The molecule has 0 spiro atoms. The highest BCUT2D eigenvalue weighted by atomic mass is 15.1. The van der Waals surface area contributed by atoms with E-state index in [9.17, 15) is 0 Å². The Morgan fingerprint density at radius 2 is 1.88 bits per heavy atom. The van der Waals surface area contributed by atoms with E-state index >= 15 is 0 Å². The normalized spacial score (nSPS) is 11.4. The number of para-hydroxylation sites is 1. The van der Waals surface area contributed by atoms with Gasteiger partial charge in [-0.05, 0) is 37.9 Å². The first kappa shape index (κ1) is 13.0. The highest BCUT2D eigenvalue weighted by Crippen LogP contribution is 2.22. The van der Waals surface area contributed by atoms with Crippen molar-refractivity contribution in [3.8, 4) is 0 Å². The first-order chi connectivity index (χ1) is 8.28. The summed E-state index contributed by atoms with van der Waals surface area (Å²) < 4.78 is 0. The molecule has 0 unspecified atom stereocenters. The predicted octanol–water partition coefficient (Wildman–Crippen LogP) is 3.80. The average molecular weight is 226 g/mol. The van der Waals surface area contributed by atoms with Crippen LogP contribution in [0.3, 0.4) is 0 Å². The molecule has 1 rings (SSSR count). The zero-order valence-corrected chi connectivity index (χ0v) is 10.3. The fourth-order valence-electron chi connectivity index (χ4n) is 1.70. The number of allylic oxidation sites excluding steroid dienone is 2. The predicted molar refractivity (Wildman–Crippen MR) is 76.4 cm³/mol. The Morgan fingerprint density at radius 1 is 1.24 bits per heavy atom. The van der Waals surface area contributed by atoms with Crippen LogP contribution < -0.4 is 4.90 Å². The zero-order chi connectivity index (χ0) is 12.7. The van der Waals surface area contributed by atoms with Crippen LogP contribution in [-0.4, -0.2) is 13.3 Å². The third-order valence-corrected chi connectivity index (χ3v) is 2.49. The summed E-state index contributed by atoms with van der Waals surface area (Å²) in [5, 5.41) is 0. The van der Waals surface area contributed by atoms with Crippen molar-refractivity contribution in [3.63, 3.8) is 0 Å². The van der Waals surface area contributed by atoms with E-state index in [-0.39, 0.29) is 0 Å². The maximum absolute atomic E-state index is 3.97. The minimum absolute atomic E-state index is 0.741. The summed E-state index contributed by atoms with van der Waals surface area (Å²) in [7, 11) is 0. The van der Waals surface area contributed by atoms with E-state index in [1.165, 1.54) is 0 Å². The molecule has 0 aliphatic carbocycles. The Hall–Kier alpha value is -2.09. The second kappa shape index (κ2) is 6.48. The quantitative estimate of drug-likeness (QED) is 0.532. The smallest absolute Gasteiger partial charge is 0.0853 e. The van der Waals surface area contributed by atoms with Gasteiger partial charge in [-0.2, -0.15) is 0 Å². The minimum Gasteiger partial charge on any atom is -0.340 e. The Balaban J connectivity index is 3.26. The molecule has 1 aromatic rings. The third-order valence-electron chi connectivity index (χ3n) is 2.49. The Bertz CT molecular complexity index is 419. The van der Waals surface area contributed by atoms with Crippen molar-refractivity contribution in [3.05, 3.63) is 67.0 Å². The van der Waals surface area contributed by atoms with Gasteiger partial charge in [0.2, 0.25) is 0 Å². The summed E-state index contributed by atoms with van der Waals surface area (Å²) in [6, 6.07) is 10.1. The fourth-order valence-corrected chi connectivity index (χ4v) is 1.70. The molecule has 0 aliphatic heterocycles. The molecule has 2 heteroatoms. The summed E-state index contributed by atoms with van der Waals surface area (Å²) in [6.45, 7) is 14.1. The summed E-state index contributed by atoms with van der Waals surface area (Å²) in [4.78, 5) is 6.09. The molecule has 0 aliphatic rings. The van der Waals surface area contributed by atoms with Gasteiger partial charge in [-0.25, -0.2) is 0 Å². The van der Waals surface area contributed by atoms with Crippen LogP contribution >= 0.6 is 0 Å². The Morgan fingerprint density at radius 3 is 2.29 bits per heavy atom. The van der Waals surface area contributed by atoms with Crippen LogP contribution in [0.15, 0.2) is 72.0 Å². The SMILES string of the molecule is C=C/C(N=C)=C(\C=C)N(CC)c1ccccc1. The number of aliphatic imine (C=N–C) groups is 1. The average Bonchev–Trinajstić information content (AvgIpc) is 2.40. The van der Waals surface area contributed by atoms with Crippen LogP contribution in [0.4, 0.5) is 5.69 Å². The van der Waals surface area contributed by atoms with Gasteiger partial charge in [0, 0.05) is 12.2 Å². The standard InChI is InChI=1S/C15H18N2/c1-5-14(16-4)15(6-2)17(7-3)13-11-9-8-10-12-13/h5-6,8-12H,1-2,4,7H2,3H3/b15-14-. The molecular formula is C15H18N2. The van der Waals surface area contributed by atoms with Gasteiger partial charge in [0.15, 0.2) is 0 Å². The lowest BCUT2D eigenvalue weighted by molar-refractivity contribution is 0.965. The molecule has 0 fully saturated rings. The van der Waals surface area contributed by atoms with E-state index < -0.39 is 0 Å². The van der Waals surface area contributed by atoms with E-state index in [1.807, 2.05) is 18.2 Å². The number of benzene rings is 1. The van der Waals surface area contributed by atoms with E-state index in [2.05, 4.69) is 48.8 Å². The molecule has 0 N–H and O–H groups in total. The molecule has 0 saturated heterocycles. The van der Waals surface area contributed by atoms with Crippen molar-refractivity contribution in [2.75, 3.05) is 11.4 Å². The monoisotopic (exact) mass is 226 g/mol. The van der Waals surface area contributed by atoms with E-state index in [0.29, 0.717) is 0 Å².